The van der Waals surface area contributed by atoms with Gasteiger partial charge in [-0.2, -0.15) is 4.31 Å². The van der Waals surface area contributed by atoms with Gasteiger partial charge in [-0.25, -0.2) is 12.8 Å². The van der Waals surface area contributed by atoms with Gasteiger partial charge in [0.15, 0.2) is 0 Å². The van der Waals surface area contributed by atoms with E-state index < -0.39 is 16.1 Å². The van der Waals surface area contributed by atoms with Gasteiger partial charge in [-0.3, -0.25) is 0 Å². The van der Waals surface area contributed by atoms with Crippen LogP contribution in [0.25, 0.3) is 11.1 Å². The van der Waals surface area contributed by atoms with Gasteiger partial charge in [0, 0.05) is 23.7 Å². The van der Waals surface area contributed by atoms with Gasteiger partial charge in [-0.05, 0) is 54.8 Å². The summed E-state index contributed by atoms with van der Waals surface area (Å²) in [5.74, 6) is -0.403. The fourth-order valence-corrected chi connectivity index (χ4v) is 6.66. The van der Waals surface area contributed by atoms with Crippen molar-refractivity contribution in [1.29, 1.82) is 0 Å². The number of nitrogens with one attached hydrogen (secondary N) is 1. The topological polar surface area (TPSA) is 69.6 Å². The minimum Gasteiger partial charge on any atom is -0.394 e. The minimum absolute atomic E-state index is 0.0800. The first-order valence-electron chi connectivity index (χ1n) is 10.7. The van der Waals surface area contributed by atoms with E-state index in [-0.39, 0.29) is 29.3 Å². The number of aliphatic hydroxyl groups excluding tert-OH is 1. The Morgan fingerprint density at radius 2 is 1.84 bits per heavy atom. The van der Waals surface area contributed by atoms with Gasteiger partial charge in [0.25, 0.3) is 0 Å². The van der Waals surface area contributed by atoms with Crippen molar-refractivity contribution >= 4 is 15.7 Å². The van der Waals surface area contributed by atoms with E-state index in [0.717, 1.165) is 16.8 Å². The van der Waals surface area contributed by atoms with Crippen LogP contribution in [0.15, 0.2) is 71.6 Å². The van der Waals surface area contributed by atoms with Crippen molar-refractivity contribution in [2.75, 3.05) is 18.5 Å². The summed E-state index contributed by atoms with van der Waals surface area (Å²) in [7, 11) is -3.74. The van der Waals surface area contributed by atoms with Crippen LogP contribution in [0.3, 0.4) is 0 Å². The number of fused-ring (bicyclic) bond motifs is 3. The van der Waals surface area contributed by atoms with Crippen molar-refractivity contribution in [3.05, 3.63) is 83.7 Å². The van der Waals surface area contributed by atoms with E-state index in [9.17, 15) is 17.9 Å². The van der Waals surface area contributed by atoms with E-state index >= 15 is 0 Å². The highest BCUT2D eigenvalue weighted by Crippen LogP contribution is 2.49. The molecule has 0 aromatic heterocycles. The Labute approximate surface area is 187 Å². The molecule has 3 aromatic carbocycles. The number of benzene rings is 3. The quantitative estimate of drug-likeness (QED) is 0.618. The number of hydrogen-bond donors (Lipinski definition) is 2. The summed E-state index contributed by atoms with van der Waals surface area (Å²) in [5.41, 5.74) is 3.75. The number of rotatable bonds is 4. The SMILES string of the molecule is Cc1ccc(S(=O)(=O)N2CC[C@@H]3[C@H](CO)Nc4ccc(-c5ccccc5F)cc4[C@@H]32)cc1. The molecule has 0 aliphatic carbocycles. The van der Waals surface area contributed by atoms with Crippen molar-refractivity contribution in [2.45, 2.75) is 30.3 Å². The Balaban J connectivity index is 1.62. The molecule has 7 heteroatoms. The lowest BCUT2D eigenvalue weighted by molar-refractivity contribution is 0.210. The number of sulfonamides is 1. The van der Waals surface area contributed by atoms with Crippen LogP contribution < -0.4 is 5.32 Å². The van der Waals surface area contributed by atoms with Crippen molar-refractivity contribution in [1.82, 2.24) is 4.31 Å². The summed E-state index contributed by atoms with van der Waals surface area (Å²) in [6.45, 7) is 2.20. The van der Waals surface area contributed by atoms with E-state index in [0.29, 0.717) is 24.1 Å². The van der Waals surface area contributed by atoms with Gasteiger partial charge >= 0.3 is 0 Å². The molecule has 0 amide bonds. The maximum absolute atomic E-state index is 14.5. The third-order valence-electron chi connectivity index (χ3n) is 6.64. The molecule has 0 saturated carbocycles. The summed E-state index contributed by atoms with van der Waals surface area (Å²) in [6, 6.07) is 18.3. The predicted octanol–water partition coefficient (Wildman–Crippen LogP) is 4.34. The number of anilines is 1. The van der Waals surface area contributed by atoms with Crippen LogP contribution in [0.1, 0.15) is 23.6 Å². The fraction of sp³-hybridized carbons (Fsp3) is 0.280. The van der Waals surface area contributed by atoms with Crippen molar-refractivity contribution < 1.29 is 17.9 Å². The summed E-state index contributed by atoms with van der Waals surface area (Å²) >= 11 is 0. The van der Waals surface area contributed by atoms with Gasteiger partial charge in [-0.15, -0.1) is 0 Å². The van der Waals surface area contributed by atoms with Crippen LogP contribution in [-0.2, 0) is 10.0 Å². The molecule has 0 bridgehead atoms. The van der Waals surface area contributed by atoms with E-state index in [1.165, 1.54) is 6.07 Å². The zero-order chi connectivity index (χ0) is 22.5. The molecule has 3 aromatic rings. The number of aryl methyl sites for hydroxylation is 1. The highest BCUT2D eigenvalue weighted by Gasteiger charge is 2.48. The second kappa shape index (κ2) is 7.99. The molecule has 5 nitrogen and oxygen atoms in total. The van der Waals surface area contributed by atoms with Crippen LogP contribution in [0, 0.1) is 18.7 Å². The van der Waals surface area contributed by atoms with Gasteiger partial charge in [0.05, 0.1) is 23.6 Å². The zero-order valence-corrected chi connectivity index (χ0v) is 18.5. The Kier molecular flexibility index (Phi) is 5.28. The number of hydrogen-bond acceptors (Lipinski definition) is 4. The molecule has 0 spiro atoms. The number of nitrogens with zero attached hydrogens (tertiary/aromatic N) is 1. The molecule has 3 atom stereocenters. The maximum atomic E-state index is 14.5. The van der Waals surface area contributed by atoms with Gasteiger partial charge in [0.1, 0.15) is 5.82 Å². The maximum Gasteiger partial charge on any atom is 0.243 e. The summed E-state index contributed by atoms with van der Waals surface area (Å²) in [4.78, 5) is 0.259. The summed E-state index contributed by atoms with van der Waals surface area (Å²) in [6.07, 6.45) is 0.636. The van der Waals surface area contributed by atoms with Crippen molar-refractivity contribution in [3.8, 4) is 11.1 Å². The molecule has 0 radical (unpaired) electrons. The van der Waals surface area contributed by atoms with Crippen LogP contribution in [-0.4, -0.2) is 37.0 Å². The highest BCUT2D eigenvalue weighted by molar-refractivity contribution is 7.89. The Morgan fingerprint density at radius 3 is 2.56 bits per heavy atom. The molecule has 2 N–H and O–H groups in total. The van der Waals surface area contributed by atoms with E-state index in [1.807, 2.05) is 25.1 Å². The normalized spacial score (nSPS) is 22.8. The molecule has 2 aliphatic heterocycles. The lowest BCUT2D eigenvalue weighted by Gasteiger charge is -2.39. The molecule has 2 heterocycles. The van der Waals surface area contributed by atoms with Crippen LogP contribution in [0.4, 0.5) is 10.1 Å². The highest BCUT2D eigenvalue weighted by atomic mass is 32.2. The van der Waals surface area contributed by atoms with Crippen LogP contribution in [0.5, 0.6) is 0 Å². The third kappa shape index (κ3) is 3.41. The molecule has 1 fully saturated rings. The number of aliphatic hydroxyl groups is 1. The lowest BCUT2D eigenvalue weighted by Crippen LogP contribution is -2.42. The average Bonchev–Trinajstić information content (AvgIpc) is 3.25. The second-order valence-corrected chi connectivity index (χ2v) is 10.4. The predicted molar refractivity (Wildman–Crippen MR) is 122 cm³/mol. The standard InChI is InChI=1S/C25H25FN2O3S/c1-16-6-9-18(10-7-16)32(30,31)28-13-12-20-24(15-29)27-23-11-8-17(14-21(23)25(20)28)19-4-2-3-5-22(19)26/h2-11,14,20,24-25,27,29H,12-13,15H2,1H3/t20-,24+,25-/m1/s1. The molecule has 5 rings (SSSR count). The van der Waals surface area contributed by atoms with Gasteiger partial charge in [0.2, 0.25) is 10.0 Å². The van der Waals surface area contributed by atoms with Gasteiger partial charge in [-0.1, -0.05) is 42.0 Å². The molecule has 1 saturated heterocycles. The second-order valence-electron chi connectivity index (χ2n) is 8.54. The Morgan fingerprint density at radius 1 is 1.09 bits per heavy atom. The first-order valence-corrected chi connectivity index (χ1v) is 12.2. The fourth-order valence-electron chi connectivity index (χ4n) is 5.00. The third-order valence-corrected chi connectivity index (χ3v) is 8.53. The smallest absolute Gasteiger partial charge is 0.243 e. The minimum atomic E-state index is -3.74. The van der Waals surface area contributed by atoms with Gasteiger partial charge < -0.3 is 10.4 Å². The van der Waals surface area contributed by atoms with E-state index in [2.05, 4.69) is 5.32 Å². The molecule has 2 aliphatic rings. The first kappa shape index (κ1) is 21.1. The zero-order valence-electron chi connectivity index (χ0n) is 17.7. The molecular formula is C25H25FN2O3S. The van der Waals surface area contributed by atoms with Crippen molar-refractivity contribution in [3.63, 3.8) is 0 Å². The summed E-state index contributed by atoms with van der Waals surface area (Å²) in [5, 5.41) is 13.4. The molecule has 32 heavy (non-hydrogen) atoms. The number of halogens is 1. The molecule has 166 valence electrons. The van der Waals surface area contributed by atoms with E-state index in [1.54, 1.807) is 46.8 Å². The van der Waals surface area contributed by atoms with Crippen LogP contribution in [0.2, 0.25) is 0 Å². The Bertz CT molecular complexity index is 1260. The Hall–Kier alpha value is -2.74. The largest absolute Gasteiger partial charge is 0.394 e. The lowest BCUT2D eigenvalue weighted by atomic mass is 9.82. The van der Waals surface area contributed by atoms with E-state index in [4.69, 9.17) is 0 Å². The van der Waals surface area contributed by atoms with Crippen molar-refractivity contribution in [2.24, 2.45) is 5.92 Å². The molecule has 0 unspecified atom stereocenters. The first-order chi connectivity index (χ1) is 15.4. The van der Waals surface area contributed by atoms with Crippen LogP contribution >= 0.6 is 0 Å². The average molecular weight is 453 g/mol. The monoisotopic (exact) mass is 452 g/mol. The molecular weight excluding hydrogens is 427 g/mol. The summed E-state index contributed by atoms with van der Waals surface area (Å²) < 4.78 is 43.2.